The van der Waals surface area contributed by atoms with Crippen LogP contribution in [0.15, 0.2) is 48.5 Å². The second-order valence-electron chi connectivity index (χ2n) is 9.28. The molecule has 2 atom stereocenters. The van der Waals surface area contributed by atoms with E-state index in [2.05, 4.69) is 0 Å². The Morgan fingerprint density at radius 3 is 1.63 bits per heavy atom. The van der Waals surface area contributed by atoms with Crippen molar-refractivity contribution in [3.63, 3.8) is 0 Å². The predicted molar refractivity (Wildman–Crippen MR) is 134 cm³/mol. The van der Waals surface area contributed by atoms with Crippen molar-refractivity contribution in [3.05, 3.63) is 71.3 Å². The van der Waals surface area contributed by atoms with E-state index in [4.69, 9.17) is 9.84 Å². The molecule has 8 nitrogen and oxygen atoms in total. The second-order valence-corrected chi connectivity index (χ2v) is 9.28. The summed E-state index contributed by atoms with van der Waals surface area (Å²) in [6.45, 7) is 3.89. The number of ether oxygens (including phenoxy) is 1. The molecular weight excluding hydrogens is 498 g/mol. The molecular formula is C28H32F2N2O6. The molecule has 0 bridgehead atoms. The van der Waals surface area contributed by atoms with Crippen LogP contribution in [0.4, 0.5) is 8.78 Å². The Labute approximate surface area is 220 Å². The van der Waals surface area contributed by atoms with Crippen LogP contribution in [0.5, 0.6) is 0 Å². The number of halogens is 2. The van der Waals surface area contributed by atoms with Gasteiger partial charge in [0.05, 0.1) is 18.4 Å². The molecule has 2 saturated heterocycles. The highest BCUT2D eigenvalue weighted by atomic mass is 19.1. The Balaban J connectivity index is 0.000000212. The number of amides is 2. The van der Waals surface area contributed by atoms with E-state index in [1.165, 1.54) is 53.4 Å². The van der Waals surface area contributed by atoms with Crippen LogP contribution < -0.4 is 0 Å². The molecule has 0 aromatic heterocycles. The lowest BCUT2D eigenvalue weighted by molar-refractivity contribution is -0.149. The fourth-order valence-corrected chi connectivity index (χ4v) is 4.53. The van der Waals surface area contributed by atoms with Gasteiger partial charge in [0.25, 0.3) is 11.8 Å². The van der Waals surface area contributed by atoms with Crippen molar-refractivity contribution < 1.29 is 37.8 Å². The molecule has 38 heavy (non-hydrogen) atoms. The zero-order valence-corrected chi connectivity index (χ0v) is 21.3. The van der Waals surface area contributed by atoms with Gasteiger partial charge in [-0.25, -0.2) is 8.78 Å². The van der Waals surface area contributed by atoms with Crippen molar-refractivity contribution in [3.8, 4) is 0 Å². The Hall–Kier alpha value is -3.82. The normalized spacial score (nSPS) is 19.1. The van der Waals surface area contributed by atoms with Gasteiger partial charge in [0, 0.05) is 37.3 Å². The average Bonchev–Trinajstić information content (AvgIpc) is 2.94. The van der Waals surface area contributed by atoms with Crippen molar-refractivity contribution in [1.29, 1.82) is 0 Å². The van der Waals surface area contributed by atoms with Gasteiger partial charge in [0.15, 0.2) is 0 Å². The van der Waals surface area contributed by atoms with E-state index >= 15 is 0 Å². The van der Waals surface area contributed by atoms with Crippen molar-refractivity contribution >= 4 is 23.8 Å². The van der Waals surface area contributed by atoms with Gasteiger partial charge in [-0.05, 0) is 81.1 Å². The summed E-state index contributed by atoms with van der Waals surface area (Å²) in [5.41, 5.74) is 0.832. The molecule has 2 unspecified atom stereocenters. The minimum absolute atomic E-state index is 0.168. The monoisotopic (exact) mass is 530 g/mol. The van der Waals surface area contributed by atoms with Crippen LogP contribution in [0.25, 0.3) is 0 Å². The van der Waals surface area contributed by atoms with E-state index in [0.29, 0.717) is 50.2 Å². The van der Waals surface area contributed by atoms with Crippen LogP contribution in [0.1, 0.15) is 53.3 Å². The number of benzene rings is 2. The molecule has 2 aliphatic rings. The van der Waals surface area contributed by atoms with E-state index in [1.807, 2.05) is 0 Å². The fraction of sp³-hybridized carbons (Fsp3) is 0.429. The number of aliphatic carboxylic acids is 1. The smallest absolute Gasteiger partial charge is 0.310 e. The first-order chi connectivity index (χ1) is 18.2. The van der Waals surface area contributed by atoms with Crippen LogP contribution in [0.3, 0.4) is 0 Å². The summed E-state index contributed by atoms with van der Waals surface area (Å²) < 4.78 is 30.6. The van der Waals surface area contributed by atoms with Gasteiger partial charge in [-0.1, -0.05) is 0 Å². The van der Waals surface area contributed by atoms with Gasteiger partial charge < -0.3 is 19.6 Å². The highest BCUT2D eigenvalue weighted by Crippen LogP contribution is 2.21. The lowest BCUT2D eigenvalue weighted by Crippen LogP contribution is -2.42. The summed E-state index contributed by atoms with van der Waals surface area (Å²) in [6, 6.07) is 10.7. The number of hydrogen-bond acceptors (Lipinski definition) is 5. The number of likely N-dealkylation sites (tertiary alicyclic amines) is 2. The summed E-state index contributed by atoms with van der Waals surface area (Å²) >= 11 is 0. The molecule has 204 valence electrons. The third-order valence-electron chi connectivity index (χ3n) is 6.57. The molecule has 2 aliphatic heterocycles. The molecule has 1 N–H and O–H groups in total. The molecule has 2 aromatic carbocycles. The molecule has 2 aromatic rings. The Kier molecular flexibility index (Phi) is 10.3. The van der Waals surface area contributed by atoms with Crippen LogP contribution in [-0.2, 0) is 14.3 Å². The standard InChI is InChI=1S/C15H18FNO3.C13H14FNO3/c1-2-20-15(19)12-4-3-9-17(10-12)14(18)11-5-7-13(16)8-6-11;14-11-5-3-9(4-6-11)12(16)15-7-1-2-10(8-15)13(17)18/h5-8,12H,2-4,9-10H2,1H3;3-6,10H,1-2,7-8H2,(H,17,18). The topological polar surface area (TPSA) is 104 Å². The van der Waals surface area contributed by atoms with Crippen LogP contribution in [0.2, 0.25) is 0 Å². The van der Waals surface area contributed by atoms with Crippen molar-refractivity contribution in [1.82, 2.24) is 9.80 Å². The maximum Gasteiger partial charge on any atom is 0.310 e. The highest BCUT2D eigenvalue weighted by Gasteiger charge is 2.30. The Bertz CT molecular complexity index is 1120. The van der Waals surface area contributed by atoms with Gasteiger partial charge in [0.2, 0.25) is 0 Å². The number of piperidine rings is 2. The second kappa shape index (κ2) is 13.6. The van der Waals surface area contributed by atoms with Gasteiger partial charge in [0.1, 0.15) is 11.6 Å². The van der Waals surface area contributed by atoms with E-state index in [-0.39, 0.29) is 36.1 Å². The average molecular weight is 531 g/mol. The summed E-state index contributed by atoms with van der Waals surface area (Å²) in [5.74, 6) is -3.04. The zero-order valence-electron chi connectivity index (χ0n) is 21.3. The first kappa shape index (κ1) is 28.7. The minimum atomic E-state index is -0.869. The highest BCUT2D eigenvalue weighted by molar-refractivity contribution is 5.95. The number of carbonyl (C=O) groups excluding carboxylic acids is 3. The molecule has 2 amide bonds. The maximum atomic E-state index is 12.9. The summed E-state index contributed by atoms with van der Waals surface area (Å²) in [4.78, 5) is 50.2. The molecule has 2 heterocycles. The van der Waals surface area contributed by atoms with Crippen molar-refractivity contribution in [2.75, 3.05) is 32.8 Å². The van der Waals surface area contributed by atoms with E-state index in [9.17, 15) is 28.0 Å². The minimum Gasteiger partial charge on any atom is -0.481 e. The van der Waals surface area contributed by atoms with Crippen molar-refractivity contribution in [2.24, 2.45) is 11.8 Å². The SMILES string of the molecule is CCOC(=O)C1CCCN(C(=O)c2ccc(F)cc2)C1.O=C(O)C1CCCN(C(=O)c2ccc(F)cc2)C1. The number of carboxylic acids is 1. The summed E-state index contributed by atoms with van der Waals surface area (Å²) in [5, 5.41) is 8.96. The van der Waals surface area contributed by atoms with Crippen LogP contribution in [-0.4, -0.2) is 71.4 Å². The lowest BCUT2D eigenvalue weighted by atomic mass is 9.97. The van der Waals surface area contributed by atoms with Gasteiger partial charge >= 0.3 is 11.9 Å². The quantitative estimate of drug-likeness (QED) is 0.586. The largest absolute Gasteiger partial charge is 0.481 e. The number of carboxylic acid groups (broad SMARTS) is 1. The molecule has 10 heteroatoms. The lowest BCUT2D eigenvalue weighted by Gasteiger charge is -2.31. The number of rotatable bonds is 5. The zero-order chi connectivity index (χ0) is 27.7. The molecule has 0 saturated carbocycles. The summed E-state index contributed by atoms with van der Waals surface area (Å²) in [7, 11) is 0. The number of nitrogens with zero attached hydrogens (tertiary/aromatic N) is 2. The molecule has 0 spiro atoms. The third-order valence-corrected chi connectivity index (χ3v) is 6.57. The molecule has 0 aliphatic carbocycles. The van der Waals surface area contributed by atoms with E-state index in [0.717, 1.165) is 12.8 Å². The molecule has 2 fully saturated rings. The predicted octanol–water partition coefficient (Wildman–Crippen LogP) is 4.00. The van der Waals surface area contributed by atoms with Gasteiger partial charge in [-0.3, -0.25) is 19.2 Å². The Morgan fingerprint density at radius 2 is 1.21 bits per heavy atom. The van der Waals surface area contributed by atoms with Crippen molar-refractivity contribution in [2.45, 2.75) is 32.6 Å². The first-order valence-corrected chi connectivity index (χ1v) is 12.7. The van der Waals surface area contributed by atoms with E-state index < -0.39 is 17.7 Å². The molecule has 0 radical (unpaired) electrons. The number of hydrogen-bond donors (Lipinski definition) is 1. The maximum absolute atomic E-state index is 12.9. The van der Waals surface area contributed by atoms with Crippen LogP contribution in [0, 0.1) is 23.5 Å². The fourth-order valence-electron chi connectivity index (χ4n) is 4.53. The van der Waals surface area contributed by atoms with Crippen LogP contribution >= 0.6 is 0 Å². The van der Waals surface area contributed by atoms with Gasteiger partial charge in [-0.2, -0.15) is 0 Å². The number of carbonyl (C=O) groups is 4. The first-order valence-electron chi connectivity index (χ1n) is 12.7. The Morgan fingerprint density at radius 1 is 0.789 bits per heavy atom. The third kappa shape index (κ3) is 7.84. The van der Waals surface area contributed by atoms with E-state index in [1.54, 1.807) is 11.8 Å². The number of esters is 1. The van der Waals surface area contributed by atoms with Gasteiger partial charge in [-0.15, -0.1) is 0 Å². The summed E-state index contributed by atoms with van der Waals surface area (Å²) in [6.07, 6.45) is 2.80. The molecule has 4 rings (SSSR count).